The predicted molar refractivity (Wildman–Crippen MR) is 87.7 cm³/mol. The molecule has 0 radical (unpaired) electrons. The van der Waals surface area contributed by atoms with Crippen molar-refractivity contribution in [3.05, 3.63) is 65.5 Å². The number of aryl methyl sites for hydroxylation is 1. The predicted octanol–water partition coefficient (Wildman–Crippen LogP) is 3.34. The zero-order valence-corrected chi connectivity index (χ0v) is 13.2. The summed E-state index contributed by atoms with van der Waals surface area (Å²) in [5.74, 6) is 0.782. The van der Waals surface area contributed by atoms with E-state index >= 15 is 0 Å². The highest BCUT2D eigenvalue weighted by Crippen LogP contribution is 2.39. The second-order valence-electron chi connectivity index (χ2n) is 6.22. The van der Waals surface area contributed by atoms with Crippen LogP contribution in [0.5, 0.6) is 0 Å². The van der Waals surface area contributed by atoms with Gasteiger partial charge in [0.25, 0.3) is 0 Å². The monoisotopic (exact) mass is 294 g/mol. The molecule has 0 saturated heterocycles. The first kappa shape index (κ1) is 14.8. The topological polar surface area (TPSA) is 33.2 Å². The van der Waals surface area contributed by atoms with Gasteiger partial charge in [0.15, 0.2) is 0 Å². The van der Waals surface area contributed by atoms with E-state index in [-0.39, 0.29) is 5.91 Å². The average Bonchev–Trinajstić information content (AvgIpc) is 2.49. The number of rotatable bonds is 4. The van der Waals surface area contributed by atoms with Crippen LogP contribution < -0.4 is 0 Å². The van der Waals surface area contributed by atoms with Gasteiger partial charge in [-0.2, -0.15) is 0 Å². The molecule has 3 rings (SSSR count). The number of carbonyl (C=O) groups is 1. The Labute approximate surface area is 132 Å². The van der Waals surface area contributed by atoms with Crippen molar-refractivity contribution < 1.29 is 4.79 Å². The first-order chi connectivity index (χ1) is 10.6. The van der Waals surface area contributed by atoms with Crippen molar-refractivity contribution in [3.63, 3.8) is 0 Å². The van der Waals surface area contributed by atoms with Crippen molar-refractivity contribution in [2.24, 2.45) is 0 Å². The number of pyridine rings is 1. The van der Waals surface area contributed by atoms with Crippen LogP contribution in [0.1, 0.15) is 35.6 Å². The van der Waals surface area contributed by atoms with Crippen molar-refractivity contribution in [2.45, 2.75) is 38.1 Å². The van der Waals surface area contributed by atoms with Crippen molar-refractivity contribution in [2.75, 3.05) is 7.05 Å². The fourth-order valence-electron chi connectivity index (χ4n) is 3.01. The molecule has 1 aromatic heterocycles. The summed E-state index contributed by atoms with van der Waals surface area (Å²) in [6.07, 6.45) is 4.38. The van der Waals surface area contributed by atoms with Gasteiger partial charge in [0.05, 0.1) is 6.42 Å². The van der Waals surface area contributed by atoms with E-state index in [0.717, 1.165) is 24.1 Å². The molecule has 1 amide bonds. The molecule has 0 unspecified atom stereocenters. The molecule has 1 aromatic carbocycles. The normalized spacial score (nSPS) is 20.3. The van der Waals surface area contributed by atoms with Crippen LogP contribution in [0.3, 0.4) is 0 Å². The van der Waals surface area contributed by atoms with E-state index in [2.05, 4.69) is 29.2 Å². The fourth-order valence-corrected chi connectivity index (χ4v) is 3.01. The van der Waals surface area contributed by atoms with Gasteiger partial charge >= 0.3 is 0 Å². The number of amides is 1. The van der Waals surface area contributed by atoms with E-state index in [0.29, 0.717) is 18.4 Å². The maximum atomic E-state index is 12.4. The van der Waals surface area contributed by atoms with Gasteiger partial charge in [-0.15, -0.1) is 0 Å². The van der Waals surface area contributed by atoms with Crippen LogP contribution >= 0.6 is 0 Å². The van der Waals surface area contributed by atoms with Crippen LogP contribution in [0.15, 0.2) is 48.7 Å². The van der Waals surface area contributed by atoms with Crippen LogP contribution in [0.4, 0.5) is 0 Å². The Hall–Kier alpha value is -2.16. The van der Waals surface area contributed by atoms with Crippen LogP contribution in [0, 0.1) is 6.92 Å². The highest BCUT2D eigenvalue weighted by molar-refractivity contribution is 5.78. The molecule has 1 heterocycles. The van der Waals surface area contributed by atoms with Crippen LogP contribution in [0.2, 0.25) is 0 Å². The third-order valence-electron chi connectivity index (χ3n) is 4.65. The lowest BCUT2D eigenvalue weighted by atomic mass is 9.75. The Morgan fingerprint density at radius 1 is 1.18 bits per heavy atom. The maximum absolute atomic E-state index is 12.4. The summed E-state index contributed by atoms with van der Waals surface area (Å²) >= 11 is 0. The van der Waals surface area contributed by atoms with Crippen molar-refractivity contribution in [3.8, 4) is 0 Å². The van der Waals surface area contributed by atoms with E-state index < -0.39 is 0 Å². The summed E-state index contributed by atoms with van der Waals surface area (Å²) < 4.78 is 0. The van der Waals surface area contributed by atoms with Gasteiger partial charge in [-0.3, -0.25) is 9.78 Å². The number of benzene rings is 1. The lowest BCUT2D eigenvalue weighted by Crippen LogP contribution is -2.45. The van der Waals surface area contributed by atoms with E-state index in [1.165, 1.54) is 5.56 Å². The van der Waals surface area contributed by atoms with E-state index in [1.54, 1.807) is 6.20 Å². The van der Waals surface area contributed by atoms with Crippen LogP contribution in [-0.2, 0) is 11.2 Å². The van der Waals surface area contributed by atoms with Gasteiger partial charge in [-0.25, -0.2) is 0 Å². The molecule has 3 heteroatoms. The number of aromatic nitrogens is 1. The average molecular weight is 294 g/mol. The van der Waals surface area contributed by atoms with Crippen molar-refractivity contribution in [1.29, 1.82) is 0 Å². The fraction of sp³-hybridized carbons (Fsp3) is 0.368. The highest BCUT2D eigenvalue weighted by atomic mass is 16.2. The Morgan fingerprint density at radius 2 is 1.91 bits per heavy atom. The molecule has 0 aliphatic heterocycles. The largest absolute Gasteiger partial charge is 0.342 e. The van der Waals surface area contributed by atoms with E-state index in [4.69, 9.17) is 0 Å². The Morgan fingerprint density at radius 3 is 2.55 bits per heavy atom. The molecular weight excluding hydrogens is 272 g/mol. The molecule has 0 N–H and O–H groups in total. The smallest absolute Gasteiger partial charge is 0.227 e. The van der Waals surface area contributed by atoms with Crippen molar-refractivity contribution in [1.82, 2.24) is 9.88 Å². The van der Waals surface area contributed by atoms with Gasteiger partial charge in [0.1, 0.15) is 0 Å². The van der Waals surface area contributed by atoms with Gasteiger partial charge in [-0.05, 0) is 42.9 Å². The maximum Gasteiger partial charge on any atom is 0.227 e. The summed E-state index contributed by atoms with van der Waals surface area (Å²) in [7, 11) is 1.93. The van der Waals surface area contributed by atoms with E-state index in [9.17, 15) is 4.79 Å². The minimum Gasteiger partial charge on any atom is -0.342 e. The Kier molecular flexibility index (Phi) is 4.23. The molecule has 1 fully saturated rings. The first-order valence-corrected chi connectivity index (χ1v) is 7.85. The molecule has 114 valence electrons. The molecular formula is C19H22N2O. The molecule has 2 aromatic rings. The molecule has 0 bridgehead atoms. The zero-order valence-electron chi connectivity index (χ0n) is 13.2. The standard InChI is InChI=1S/C19H22N2O/c1-14-8-9-15(13-20-14)10-19(22)21(2)18-11-17(12-18)16-6-4-3-5-7-16/h3-9,13,17-18H,10-12H2,1-2H3. The highest BCUT2D eigenvalue weighted by Gasteiger charge is 2.34. The molecule has 1 aliphatic carbocycles. The third-order valence-corrected chi connectivity index (χ3v) is 4.65. The number of likely N-dealkylation sites (N-methyl/N-ethyl adjacent to an activating group) is 1. The molecule has 0 atom stereocenters. The van der Waals surface area contributed by atoms with Gasteiger partial charge in [0, 0.05) is 25.0 Å². The summed E-state index contributed by atoms with van der Waals surface area (Å²) in [5.41, 5.74) is 3.36. The van der Waals surface area contributed by atoms with Crippen LogP contribution in [-0.4, -0.2) is 28.9 Å². The number of hydrogen-bond donors (Lipinski definition) is 0. The Bertz CT molecular complexity index is 630. The molecule has 1 saturated carbocycles. The molecule has 3 nitrogen and oxygen atoms in total. The quantitative estimate of drug-likeness (QED) is 0.866. The SMILES string of the molecule is Cc1ccc(CC(=O)N(C)C2CC(c3ccccc3)C2)cn1. The zero-order chi connectivity index (χ0) is 15.5. The minimum atomic E-state index is 0.183. The second-order valence-corrected chi connectivity index (χ2v) is 6.22. The summed E-state index contributed by atoms with van der Waals surface area (Å²) in [6.45, 7) is 1.95. The lowest BCUT2D eigenvalue weighted by molar-refractivity contribution is -0.133. The molecule has 0 spiro atoms. The minimum absolute atomic E-state index is 0.183. The van der Waals surface area contributed by atoms with Crippen LogP contribution in [0.25, 0.3) is 0 Å². The second kappa shape index (κ2) is 6.30. The molecule has 1 aliphatic rings. The van der Waals surface area contributed by atoms with Gasteiger partial charge < -0.3 is 4.90 Å². The number of hydrogen-bond acceptors (Lipinski definition) is 2. The molecule has 22 heavy (non-hydrogen) atoms. The number of nitrogens with zero attached hydrogens (tertiary/aromatic N) is 2. The summed E-state index contributed by atoms with van der Waals surface area (Å²) in [4.78, 5) is 18.5. The van der Waals surface area contributed by atoms with E-state index in [1.807, 2.05) is 37.1 Å². The van der Waals surface area contributed by atoms with Gasteiger partial charge in [-0.1, -0.05) is 36.4 Å². The Balaban J connectivity index is 1.53. The lowest BCUT2D eigenvalue weighted by Gasteiger charge is -2.41. The summed E-state index contributed by atoms with van der Waals surface area (Å²) in [6, 6.07) is 14.9. The third kappa shape index (κ3) is 3.19. The summed E-state index contributed by atoms with van der Waals surface area (Å²) in [5, 5.41) is 0. The number of carbonyl (C=O) groups excluding carboxylic acids is 1. The first-order valence-electron chi connectivity index (χ1n) is 7.85. The van der Waals surface area contributed by atoms with Crippen molar-refractivity contribution >= 4 is 5.91 Å². The van der Waals surface area contributed by atoms with Gasteiger partial charge in [0.2, 0.25) is 5.91 Å².